The molecule has 0 bridgehead atoms. The van der Waals surface area contributed by atoms with Crippen LogP contribution in [-0.2, 0) is 11.2 Å². The van der Waals surface area contributed by atoms with Gasteiger partial charge in [0.25, 0.3) is 0 Å². The Morgan fingerprint density at radius 1 is 1.20 bits per heavy atom. The van der Waals surface area contributed by atoms with Crippen LogP contribution < -0.4 is 11.3 Å². The molecule has 2 unspecified atom stereocenters. The van der Waals surface area contributed by atoms with Crippen LogP contribution in [0.4, 0.5) is 0 Å². The molecule has 0 fully saturated rings. The molecule has 0 saturated carbocycles. The standard InChI is InChI=1S/C17H24N2O/c1-4-17(2,20-3)16(19-18)12-14-10-7-9-13-8-5-6-11-15(13)14/h5-11,16,19H,4,12,18H2,1-3H3. The molecule has 3 heteroatoms. The van der Waals surface area contributed by atoms with E-state index in [0.29, 0.717) is 0 Å². The Labute approximate surface area is 121 Å². The van der Waals surface area contributed by atoms with Crippen molar-refractivity contribution in [3.8, 4) is 0 Å². The van der Waals surface area contributed by atoms with Crippen LogP contribution >= 0.6 is 0 Å². The maximum Gasteiger partial charge on any atom is 0.0817 e. The lowest BCUT2D eigenvalue weighted by Crippen LogP contribution is -2.53. The maximum atomic E-state index is 5.77. The summed E-state index contributed by atoms with van der Waals surface area (Å²) in [5, 5.41) is 2.54. The number of hydrogen-bond donors (Lipinski definition) is 2. The molecule has 0 heterocycles. The second kappa shape index (κ2) is 6.35. The fourth-order valence-electron chi connectivity index (χ4n) is 2.67. The Kier molecular flexibility index (Phi) is 4.76. The lowest BCUT2D eigenvalue weighted by Gasteiger charge is -2.35. The third-order valence-corrected chi connectivity index (χ3v) is 4.41. The first-order chi connectivity index (χ1) is 9.64. The van der Waals surface area contributed by atoms with Gasteiger partial charge in [0, 0.05) is 7.11 Å². The van der Waals surface area contributed by atoms with Gasteiger partial charge in [0.1, 0.15) is 0 Å². The summed E-state index contributed by atoms with van der Waals surface area (Å²) in [6.07, 6.45) is 1.75. The van der Waals surface area contributed by atoms with Gasteiger partial charge in [0.2, 0.25) is 0 Å². The Morgan fingerprint density at radius 3 is 2.55 bits per heavy atom. The molecule has 0 radical (unpaired) electrons. The van der Waals surface area contributed by atoms with Crippen LogP contribution in [0.2, 0.25) is 0 Å². The molecule has 2 rings (SSSR count). The Bertz CT molecular complexity index is 558. The predicted octanol–water partition coefficient (Wildman–Crippen LogP) is 3.03. The van der Waals surface area contributed by atoms with Crippen LogP contribution in [0, 0.1) is 0 Å². The molecule has 0 saturated heterocycles. The molecule has 3 N–H and O–H groups in total. The van der Waals surface area contributed by atoms with E-state index in [1.807, 2.05) is 0 Å². The van der Waals surface area contributed by atoms with Crippen LogP contribution in [0.1, 0.15) is 25.8 Å². The lowest BCUT2D eigenvalue weighted by molar-refractivity contribution is -0.0287. The van der Waals surface area contributed by atoms with Gasteiger partial charge in [-0.05, 0) is 36.1 Å². The van der Waals surface area contributed by atoms with Gasteiger partial charge in [-0.15, -0.1) is 0 Å². The third-order valence-electron chi connectivity index (χ3n) is 4.41. The van der Waals surface area contributed by atoms with E-state index in [2.05, 4.69) is 61.7 Å². The number of benzene rings is 2. The predicted molar refractivity (Wildman–Crippen MR) is 84.5 cm³/mol. The van der Waals surface area contributed by atoms with Crippen molar-refractivity contribution in [3.63, 3.8) is 0 Å². The number of fused-ring (bicyclic) bond motifs is 1. The van der Waals surface area contributed by atoms with Crippen molar-refractivity contribution in [1.29, 1.82) is 0 Å². The van der Waals surface area contributed by atoms with E-state index in [4.69, 9.17) is 10.6 Å². The smallest absolute Gasteiger partial charge is 0.0817 e. The van der Waals surface area contributed by atoms with Crippen LogP contribution in [-0.4, -0.2) is 18.8 Å². The number of methoxy groups -OCH3 is 1. The molecule has 0 aromatic heterocycles. The molecule has 0 aliphatic carbocycles. The van der Waals surface area contributed by atoms with Gasteiger partial charge >= 0.3 is 0 Å². The van der Waals surface area contributed by atoms with Gasteiger partial charge in [0.05, 0.1) is 11.6 Å². The van der Waals surface area contributed by atoms with Crippen molar-refractivity contribution in [2.45, 2.75) is 38.3 Å². The Balaban J connectivity index is 2.35. The average Bonchev–Trinajstić information content (AvgIpc) is 2.52. The highest BCUT2D eigenvalue weighted by Gasteiger charge is 2.32. The highest BCUT2D eigenvalue weighted by atomic mass is 16.5. The molecule has 0 amide bonds. The van der Waals surface area contributed by atoms with Crippen molar-refractivity contribution in [3.05, 3.63) is 48.0 Å². The highest BCUT2D eigenvalue weighted by Crippen LogP contribution is 2.25. The van der Waals surface area contributed by atoms with Crippen molar-refractivity contribution >= 4 is 10.8 Å². The molecule has 0 aliphatic rings. The van der Waals surface area contributed by atoms with Crippen molar-refractivity contribution in [2.75, 3.05) is 7.11 Å². The van der Waals surface area contributed by atoms with Gasteiger partial charge in [-0.1, -0.05) is 49.4 Å². The molecular weight excluding hydrogens is 248 g/mol. The molecule has 20 heavy (non-hydrogen) atoms. The van der Waals surface area contributed by atoms with Crippen LogP contribution in [0.3, 0.4) is 0 Å². The first kappa shape index (κ1) is 15.0. The first-order valence-corrected chi connectivity index (χ1v) is 7.12. The van der Waals surface area contributed by atoms with E-state index in [9.17, 15) is 0 Å². The number of nitrogens with one attached hydrogen (secondary N) is 1. The number of nitrogens with two attached hydrogens (primary N) is 1. The quantitative estimate of drug-likeness (QED) is 0.627. The van der Waals surface area contributed by atoms with Crippen LogP contribution in [0.5, 0.6) is 0 Å². The van der Waals surface area contributed by atoms with E-state index < -0.39 is 0 Å². The summed E-state index contributed by atoms with van der Waals surface area (Å²) in [5.41, 5.74) is 3.95. The largest absolute Gasteiger partial charge is 0.377 e. The fourth-order valence-corrected chi connectivity index (χ4v) is 2.67. The monoisotopic (exact) mass is 272 g/mol. The molecule has 2 aromatic carbocycles. The van der Waals surface area contributed by atoms with E-state index in [-0.39, 0.29) is 11.6 Å². The average molecular weight is 272 g/mol. The Morgan fingerprint density at radius 2 is 1.90 bits per heavy atom. The molecule has 108 valence electrons. The zero-order valence-electron chi connectivity index (χ0n) is 12.5. The van der Waals surface area contributed by atoms with E-state index >= 15 is 0 Å². The Hall–Kier alpha value is -1.42. The minimum Gasteiger partial charge on any atom is -0.377 e. The third kappa shape index (κ3) is 2.85. The molecular formula is C17H24N2O. The van der Waals surface area contributed by atoms with Gasteiger partial charge in [-0.3, -0.25) is 11.3 Å². The second-order valence-electron chi connectivity index (χ2n) is 5.43. The maximum absolute atomic E-state index is 5.77. The van der Waals surface area contributed by atoms with Crippen molar-refractivity contribution in [2.24, 2.45) is 5.84 Å². The second-order valence-corrected chi connectivity index (χ2v) is 5.43. The van der Waals surface area contributed by atoms with Gasteiger partial charge in [0.15, 0.2) is 0 Å². The summed E-state index contributed by atoms with van der Waals surface area (Å²) in [5.74, 6) is 5.77. The number of hydrogen-bond acceptors (Lipinski definition) is 3. The molecule has 2 aromatic rings. The summed E-state index contributed by atoms with van der Waals surface area (Å²) in [6.45, 7) is 4.22. The van der Waals surface area contributed by atoms with E-state index in [1.54, 1.807) is 7.11 Å². The summed E-state index contributed by atoms with van der Waals surface area (Å²) < 4.78 is 5.68. The summed E-state index contributed by atoms with van der Waals surface area (Å²) in [4.78, 5) is 0. The summed E-state index contributed by atoms with van der Waals surface area (Å²) in [6, 6.07) is 14.9. The van der Waals surface area contributed by atoms with Gasteiger partial charge in [-0.25, -0.2) is 0 Å². The number of ether oxygens (including phenoxy) is 1. The minimum atomic E-state index is -0.272. The molecule has 0 aliphatic heterocycles. The number of hydrazine groups is 1. The summed E-state index contributed by atoms with van der Waals surface area (Å²) in [7, 11) is 1.75. The minimum absolute atomic E-state index is 0.0725. The van der Waals surface area contributed by atoms with Gasteiger partial charge < -0.3 is 4.74 Å². The highest BCUT2D eigenvalue weighted by molar-refractivity contribution is 5.85. The fraction of sp³-hybridized carbons (Fsp3) is 0.412. The zero-order chi connectivity index (χ0) is 14.6. The molecule has 3 nitrogen and oxygen atoms in total. The van der Waals surface area contributed by atoms with Gasteiger partial charge in [-0.2, -0.15) is 0 Å². The van der Waals surface area contributed by atoms with E-state index in [1.165, 1.54) is 16.3 Å². The van der Waals surface area contributed by atoms with E-state index in [0.717, 1.165) is 12.8 Å². The topological polar surface area (TPSA) is 47.3 Å². The number of rotatable bonds is 6. The van der Waals surface area contributed by atoms with Crippen molar-refractivity contribution < 1.29 is 4.74 Å². The van der Waals surface area contributed by atoms with Crippen LogP contribution in [0.15, 0.2) is 42.5 Å². The molecule has 2 atom stereocenters. The SMILES string of the molecule is CCC(C)(OC)C(Cc1cccc2ccccc12)NN. The molecule has 0 spiro atoms. The first-order valence-electron chi connectivity index (χ1n) is 7.12. The normalized spacial score (nSPS) is 16.0. The van der Waals surface area contributed by atoms with Crippen molar-refractivity contribution in [1.82, 2.24) is 5.43 Å². The lowest BCUT2D eigenvalue weighted by atomic mass is 9.87. The summed E-state index contributed by atoms with van der Waals surface area (Å²) >= 11 is 0. The van der Waals surface area contributed by atoms with Crippen LogP contribution in [0.25, 0.3) is 10.8 Å². The zero-order valence-corrected chi connectivity index (χ0v) is 12.5.